The minimum atomic E-state index is -0.915. The number of thiophene rings is 1. The molecule has 0 amide bonds. The van der Waals surface area contributed by atoms with Gasteiger partial charge in [-0.1, -0.05) is 17.7 Å². The van der Waals surface area contributed by atoms with Crippen molar-refractivity contribution >= 4 is 34.4 Å². The van der Waals surface area contributed by atoms with Gasteiger partial charge in [-0.2, -0.15) is 5.10 Å². The summed E-state index contributed by atoms with van der Waals surface area (Å²) in [7, 11) is 0. The lowest BCUT2D eigenvalue weighted by atomic mass is 9.97. The van der Waals surface area contributed by atoms with Gasteiger partial charge in [0.25, 0.3) is 6.23 Å². The van der Waals surface area contributed by atoms with Crippen molar-refractivity contribution in [3.63, 3.8) is 0 Å². The highest BCUT2D eigenvalue weighted by molar-refractivity contribution is 7.12. The van der Waals surface area contributed by atoms with Crippen LogP contribution in [-0.2, 0) is 0 Å². The lowest BCUT2D eigenvalue weighted by Crippen LogP contribution is -2.45. The Morgan fingerprint density at radius 1 is 1.21 bits per heavy atom. The molecular formula is C21H14ClFN2O2S. The zero-order valence-electron chi connectivity index (χ0n) is 14.5. The highest BCUT2D eigenvalue weighted by Gasteiger charge is 2.43. The van der Waals surface area contributed by atoms with E-state index in [1.165, 1.54) is 24.3 Å². The van der Waals surface area contributed by atoms with E-state index in [0.29, 0.717) is 22.8 Å². The van der Waals surface area contributed by atoms with Gasteiger partial charge in [-0.05, 0) is 53.9 Å². The van der Waals surface area contributed by atoms with Crippen LogP contribution < -0.4 is 4.74 Å². The normalized spacial score (nSPS) is 20.2. The molecule has 2 aliphatic heterocycles. The second kappa shape index (κ2) is 6.72. The fourth-order valence-electron chi connectivity index (χ4n) is 3.58. The lowest BCUT2D eigenvalue weighted by molar-refractivity contribution is -0.00455. The molecule has 2 atom stereocenters. The van der Waals surface area contributed by atoms with E-state index in [9.17, 15) is 9.18 Å². The third kappa shape index (κ3) is 2.89. The highest BCUT2D eigenvalue weighted by atomic mass is 35.5. The van der Waals surface area contributed by atoms with Crippen molar-refractivity contribution in [1.82, 2.24) is 5.01 Å². The van der Waals surface area contributed by atoms with Crippen molar-refractivity contribution in [3.05, 3.63) is 86.8 Å². The maximum Gasteiger partial charge on any atom is 0.251 e. The number of hydrogen-bond acceptors (Lipinski definition) is 5. The van der Waals surface area contributed by atoms with Crippen LogP contribution in [0.3, 0.4) is 0 Å². The second-order valence-electron chi connectivity index (χ2n) is 6.65. The molecule has 0 spiro atoms. The molecule has 0 fully saturated rings. The Morgan fingerprint density at radius 2 is 2.04 bits per heavy atom. The van der Waals surface area contributed by atoms with E-state index < -0.39 is 12.0 Å². The standard InChI is InChI=1S/C21H14ClFN2O2S/c22-13-5-8-18-15(10-13)17-11-16(19-2-1-9-28-19)24-25(17)21(27-18)20(26)12-3-6-14(23)7-4-12/h1-10,17,21H,11H2/t17-,21-/m0/s1. The van der Waals surface area contributed by atoms with Gasteiger partial charge in [0.05, 0.1) is 16.6 Å². The SMILES string of the molecule is O=C(c1ccc(F)cc1)[C@@H]1Oc2ccc(Cl)cc2[C@@H]2CC(c3cccs3)=NN12. The summed E-state index contributed by atoms with van der Waals surface area (Å²) in [6, 6.07) is 14.7. The molecule has 0 N–H and O–H groups in total. The molecule has 0 unspecified atom stereocenters. The van der Waals surface area contributed by atoms with E-state index in [2.05, 4.69) is 0 Å². The molecule has 7 heteroatoms. The first-order valence-electron chi connectivity index (χ1n) is 8.76. The van der Waals surface area contributed by atoms with Crippen LogP contribution in [0.2, 0.25) is 5.02 Å². The Balaban J connectivity index is 1.57. The lowest BCUT2D eigenvalue weighted by Gasteiger charge is -2.37. The number of nitrogens with zero attached hydrogens (tertiary/aromatic N) is 2. The van der Waals surface area contributed by atoms with Crippen molar-refractivity contribution in [2.24, 2.45) is 5.10 Å². The summed E-state index contributed by atoms with van der Waals surface area (Å²) in [6.07, 6.45) is -0.258. The van der Waals surface area contributed by atoms with Gasteiger partial charge < -0.3 is 4.74 Å². The number of hydrazone groups is 1. The number of halogens is 2. The Morgan fingerprint density at radius 3 is 2.79 bits per heavy atom. The summed E-state index contributed by atoms with van der Waals surface area (Å²) in [4.78, 5) is 14.2. The van der Waals surface area contributed by atoms with Gasteiger partial charge >= 0.3 is 0 Å². The monoisotopic (exact) mass is 412 g/mol. The van der Waals surface area contributed by atoms with Gasteiger partial charge in [0, 0.05) is 22.6 Å². The minimum Gasteiger partial charge on any atom is -0.461 e. The molecule has 4 nitrogen and oxygen atoms in total. The van der Waals surface area contributed by atoms with Gasteiger partial charge in [0.1, 0.15) is 11.6 Å². The number of ketones is 1. The van der Waals surface area contributed by atoms with Crippen molar-refractivity contribution in [2.45, 2.75) is 18.7 Å². The average Bonchev–Trinajstić information content (AvgIpc) is 3.37. The number of fused-ring (bicyclic) bond motifs is 3. The van der Waals surface area contributed by atoms with Crippen LogP contribution in [0.25, 0.3) is 0 Å². The quantitative estimate of drug-likeness (QED) is 0.548. The van der Waals surface area contributed by atoms with Crippen molar-refractivity contribution in [1.29, 1.82) is 0 Å². The molecule has 2 aliphatic rings. The second-order valence-corrected chi connectivity index (χ2v) is 8.03. The smallest absolute Gasteiger partial charge is 0.251 e. The first kappa shape index (κ1) is 17.4. The summed E-state index contributed by atoms with van der Waals surface area (Å²) in [6.45, 7) is 0. The summed E-state index contributed by atoms with van der Waals surface area (Å²) < 4.78 is 19.3. The maximum atomic E-state index is 13.3. The van der Waals surface area contributed by atoms with Crippen LogP contribution in [0.5, 0.6) is 5.75 Å². The van der Waals surface area contributed by atoms with Crippen LogP contribution in [0.1, 0.15) is 33.3 Å². The van der Waals surface area contributed by atoms with Gasteiger partial charge in [-0.15, -0.1) is 11.3 Å². The minimum absolute atomic E-state index is 0.144. The molecule has 5 rings (SSSR count). The van der Waals surface area contributed by atoms with Gasteiger partial charge in [-0.3, -0.25) is 4.79 Å². The molecular weight excluding hydrogens is 399 g/mol. The van der Waals surface area contributed by atoms with E-state index in [0.717, 1.165) is 16.2 Å². The van der Waals surface area contributed by atoms with Crippen molar-refractivity contribution in [2.75, 3.05) is 0 Å². The number of carbonyl (C=O) groups is 1. The number of rotatable bonds is 3. The molecule has 3 heterocycles. The number of hydrogen-bond donors (Lipinski definition) is 0. The van der Waals surface area contributed by atoms with Crippen LogP contribution in [-0.4, -0.2) is 22.7 Å². The zero-order chi connectivity index (χ0) is 19.3. The summed E-state index contributed by atoms with van der Waals surface area (Å²) in [5.74, 6) is -0.0336. The first-order valence-corrected chi connectivity index (χ1v) is 10.0. The predicted octanol–water partition coefficient (Wildman–Crippen LogP) is 5.29. The number of benzene rings is 2. The average molecular weight is 413 g/mol. The molecule has 28 heavy (non-hydrogen) atoms. The Labute approximate surface area is 169 Å². The number of carbonyl (C=O) groups excluding carboxylic acids is 1. The molecule has 0 saturated heterocycles. The molecule has 0 radical (unpaired) electrons. The summed E-state index contributed by atoms with van der Waals surface area (Å²) >= 11 is 7.81. The first-order chi connectivity index (χ1) is 13.6. The van der Waals surface area contributed by atoms with E-state index in [-0.39, 0.29) is 11.8 Å². The third-order valence-corrected chi connectivity index (χ3v) is 6.06. The zero-order valence-corrected chi connectivity index (χ0v) is 16.1. The molecule has 3 aromatic rings. The molecule has 0 saturated carbocycles. The van der Waals surface area contributed by atoms with Crippen LogP contribution in [0, 0.1) is 5.82 Å². The largest absolute Gasteiger partial charge is 0.461 e. The van der Waals surface area contributed by atoms with E-state index >= 15 is 0 Å². The van der Waals surface area contributed by atoms with E-state index in [4.69, 9.17) is 21.4 Å². The third-order valence-electron chi connectivity index (χ3n) is 4.91. The molecule has 0 aliphatic carbocycles. The van der Waals surface area contributed by atoms with Gasteiger partial charge in [0.15, 0.2) is 0 Å². The van der Waals surface area contributed by atoms with Crippen LogP contribution in [0.15, 0.2) is 65.1 Å². The predicted molar refractivity (Wildman–Crippen MR) is 107 cm³/mol. The van der Waals surface area contributed by atoms with E-state index in [1.54, 1.807) is 28.5 Å². The van der Waals surface area contributed by atoms with E-state index in [1.807, 2.05) is 23.6 Å². The topological polar surface area (TPSA) is 41.9 Å². The summed E-state index contributed by atoms with van der Waals surface area (Å²) in [5.41, 5.74) is 2.20. The van der Waals surface area contributed by atoms with Crippen molar-refractivity contribution < 1.29 is 13.9 Å². The number of ether oxygens (including phenoxy) is 1. The fourth-order valence-corrected chi connectivity index (χ4v) is 4.48. The van der Waals surface area contributed by atoms with Crippen LogP contribution >= 0.6 is 22.9 Å². The van der Waals surface area contributed by atoms with Crippen LogP contribution in [0.4, 0.5) is 4.39 Å². The molecule has 2 aromatic carbocycles. The van der Waals surface area contributed by atoms with Gasteiger partial charge in [0.2, 0.25) is 5.78 Å². The highest BCUT2D eigenvalue weighted by Crippen LogP contribution is 2.44. The molecule has 1 aromatic heterocycles. The Kier molecular flexibility index (Phi) is 4.18. The molecule has 0 bridgehead atoms. The molecule has 140 valence electrons. The Bertz CT molecular complexity index is 1080. The summed E-state index contributed by atoms with van der Waals surface area (Å²) in [5, 5.41) is 9.04. The maximum absolute atomic E-state index is 13.3. The fraction of sp³-hybridized carbons (Fsp3) is 0.143. The number of Topliss-reactive ketones (excluding diaryl/α,β-unsaturated/α-hetero) is 1. The van der Waals surface area contributed by atoms with Crippen molar-refractivity contribution in [3.8, 4) is 5.75 Å². The van der Waals surface area contributed by atoms with Gasteiger partial charge in [-0.25, -0.2) is 9.40 Å². The Hall–Kier alpha value is -2.70.